The Hall–Kier alpha value is -4.10. The summed E-state index contributed by atoms with van der Waals surface area (Å²) >= 11 is 0. The van der Waals surface area contributed by atoms with Gasteiger partial charge in [0.1, 0.15) is 11.2 Å². The van der Waals surface area contributed by atoms with Gasteiger partial charge in [0, 0.05) is 81.5 Å². The number of anilines is 2. The zero-order valence-corrected chi connectivity index (χ0v) is 30.5. The average molecular weight is 706 g/mol. The molecule has 0 aliphatic carbocycles. The Morgan fingerprint density at radius 1 is 0.720 bits per heavy atom. The Morgan fingerprint density at radius 2 is 1.32 bits per heavy atom. The van der Waals surface area contributed by atoms with Crippen LogP contribution in [0.15, 0.2) is 64.5 Å². The van der Waals surface area contributed by atoms with E-state index in [2.05, 4.69) is 9.80 Å². The molecule has 4 unspecified atom stereocenters. The fourth-order valence-corrected chi connectivity index (χ4v) is 9.06. The number of rotatable bonds is 5. The number of nitrogens with zero attached hydrogens (tertiary/aromatic N) is 5. The lowest BCUT2D eigenvalue weighted by Crippen LogP contribution is -2.37. The van der Waals surface area contributed by atoms with Crippen LogP contribution in [-0.2, 0) is 24.1 Å². The van der Waals surface area contributed by atoms with Gasteiger partial charge in [-0.3, -0.25) is 4.98 Å². The molecule has 2 aromatic carbocycles. The van der Waals surface area contributed by atoms with Crippen molar-refractivity contribution in [2.75, 3.05) is 62.2 Å². The van der Waals surface area contributed by atoms with Gasteiger partial charge >= 0.3 is 12.2 Å². The lowest BCUT2D eigenvalue weighted by atomic mass is 10.0. The second-order valence-corrected chi connectivity index (χ2v) is 18.1. The Labute approximate surface area is 294 Å². The third-order valence-corrected chi connectivity index (χ3v) is 11.7. The van der Waals surface area contributed by atoms with Crippen molar-refractivity contribution in [3.8, 4) is 0 Å². The minimum Gasteiger partial charge on any atom is -0.444 e. The number of pyridine rings is 1. The Balaban J connectivity index is 1.01. The molecule has 13 heteroatoms. The first-order valence-electron chi connectivity index (χ1n) is 17.4. The number of carbonyl (C=O) groups excluding carboxylic acids is 2. The van der Waals surface area contributed by atoms with Crippen LogP contribution in [0.1, 0.15) is 41.5 Å². The van der Waals surface area contributed by atoms with Crippen LogP contribution in [0, 0.1) is 23.7 Å². The molecule has 5 heterocycles. The van der Waals surface area contributed by atoms with Gasteiger partial charge in [-0.15, -0.1) is 5.06 Å². The second-order valence-electron chi connectivity index (χ2n) is 16.2. The minimum absolute atomic E-state index is 0.152. The molecular formula is C37H47N5O7S. The van der Waals surface area contributed by atoms with Gasteiger partial charge in [0.05, 0.1) is 21.0 Å². The molecule has 0 bridgehead atoms. The molecule has 1 aromatic heterocycles. The first-order chi connectivity index (χ1) is 23.5. The number of para-hydroxylation sites is 1. The predicted octanol–water partition coefficient (Wildman–Crippen LogP) is 5.61. The third kappa shape index (κ3) is 7.07. The highest BCUT2D eigenvalue weighted by Gasteiger charge is 2.44. The second kappa shape index (κ2) is 12.6. The highest BCUT2D eigenvalue weighted by molar-refractivity contribution is 7.91. The van der Waals surface area contributed by atoms with E-state index in [1.165, 1.54) is 6.20 Å². The minimum atomic E-state index is -3.84. The molecule has 0 spiro atoms. The molecule has 0 N–H and O–H groups in total. The quantitative estimate of drug-likeness (QED) is 0.308. The zero-order chi connectivity index (χ0) is 35.6. The van der Waals surface area contributed by atoms with Gasteiger partial charge < -0.3 is 29.0 Å². The van der Waals surface area contributed by atoms with Crippen molar-refractivity contribution in [2.45, 2.75) is 62.5 Å². The molecule has 0 saturated carbocycles. The number of aromatic nitrogens is 1. The zero-order valence-electron chi connectivity index (χ0n) is 29.7. The Morgan fingerprint density at radius 3 is 1.96 bits per heavy atom. The van der Waals surface area contributed by atoms with E-state index in [0.29, 0.717) is 49.9 Å². The summed E-state index contributed by atoms with van der Waals surface area (Å²) in [7, 11) is -3.84. The van der Waals surface area contributed by atoms with Crippen LogP contribution >= 0.6 is 0 Å². The smallest absolute Gasteiger partial charge is 0.444 e. The highest BCUT2D eigenvalue weighted by atomic mass is 32.2. The summed E-state index contributed by atoms with van der Waals surface area (Å²) in [6, 6.07) is 14.7. The van der Waals surface area contributed by atoms with E-state index in [0.717, 1.165) is 48.5 Å². The predicted molar refractivity (Wildman–Crippen MR) is 189 cm³/mol. The summed E-state index contributed by atoms with van der Waals surface area (Å²) in [6.07, 6.45) is 0.507. The van der Waals surface area contributed by atoms with Crippen molar-refractivity contribution in [3.05, 3.63) is 54.7 Å². The molecule has 4 atom stereocenters. The average Bonchev–Trinajstić information content (AvgIpc) is 3.79. The van der Waals surface area contributed by atoms with Crippen LogP contribution in [-0.4, -0.2) is 99.2 Å². The van der Waals surface area contributed by atoms with Crippen LogP contribution < -0.4 is 9.80 Å². The van der Waals surface area contributed by atoms with Crippen molar-refractivity contribution in [3.63, 3.8) is 0 Å². The van der Waals surface area contributed by atoms with Crippen LogP contribution in [0.3, 0.4) is 0 Å². The van der Waals surface area contributed by atoms with E-state index >= 15 is 0 Å². The summed E-state index contributed by atoms with van der Waals surface area (Å²) in [6.45, 7) is 16.6. The maximum atomic E-state index is 14.0. The molecule has 0 radical (unpaired) electrons. The monoisotopic (exact) mass is 705 g/mol. The fraction of sp³-hybridized carbons (Fsp3) is 0.541. The number of hydrogen-bond acceptors (Lipinski definition) is 11. The van der Waals surface area contributed by atoms with Crippen LogP contribution in [0.5, 0.6) is 0 Å². The molecule has 268 valence electrons. The van der Waals surface area contributed by atoms with Gasteiger partial charge in [-0.25, -0.2) is 18.0 Å². The Kier molecular flexibility index (Phi) is 8.65. The first-order valence-corrected chi connectivity index (χ1v) is 18.9. The van der Waals surface area contributed by atoms with Gasteiger partial charge in [0.15, 0.2) is 0 Å². The van der Waals surface area contributed by atoms with Crippen molar-refractivity contribution >= 4 is 44.4 Å². The van der Waals surface area contributed by atoms with Crippen LogP contribution in [0.4, 0.5) is 21.0 Å². The van der Waals surface area contributed by atoms with Gasteiger partial charge in [-0.05, 0) is 83.7 Å². The molecule has 50 heavy (non-hydrogen) atoms. The van der Waals surface area contributed by atoms with Crippen LogP contribution in [0.25, 0.3) is 10.9 Å². The maximum absolute atomic E-state index is 14.0. The largest absolute Gasteiger partial charge is 0.528 e. The Bertz CT molecular complexity index is 1880. The first kappa shape index (κ1) is 34.4. The number of amides is 1. The normalized spacial score (nSPS) is 24.1. The third-order valence-electron chi connectivity index (χ3n) is 9.99. The van der Waals surface area contributed by atoms with E-state index in [-0.39, 0.29) is 15.9 Å². The van der Waals surface area contributed by atoms with E-state index in [4.69, 9.17) is 19.3 Å². The van der Waals surface area contributed by atoms with E-state index in [1.54, 1.807) is 34.2 Å². The maximum Gasteiger partial charge on any atom is 0.528 e. The summed E-state index contributed by atoms with van der Waals surface area (Å²) in [4.78, 5) is 41.6. The molecule has 4 aliphatic heterocycles. The topological polar surface area (TPSA) is 122 Å². The number of hydroxylamine groups is 2. The van der Waals surface area contributed by atoms with Crippen molar-refractivity contribution in [2.24, 2.45) is 23.7 Å². The number of ether oxygens (including phenoxy) is 2. The molecule has 3 aromatic rings. The van der Waals surface area contributed by atoms with E-state index in [1.807, 2.05) is 65.8 Å². The number of sulfone groups is 1. The molecule has 4 saturated heterocycles. The van der Waals surface area contributed by atoms with Gasteiger partial charge in [0.25, 0.3) is 0 Å². The highest BCUT2D eigenvalue weighted by Crippen LogP contribution is 2.39. The molecular weight excluding hydrogens is 659 g/mol. The molecule has 4 fully saturated rings. The molecule has 1 amide bonds. The number of benzene rings is 2. The lowest BCUT2D eigenvalue weighted by molar-refractivity contribution is -0.133. The van der Waals surface area contributed by atoms with Crippen LogP contribution in [0.2, 0.25) is 0 Å². The fourth-order valence-electron chi connectivity index (χ4n) is 7.78. The lowest BCUT2D eigenvalue weighted by Gasteiger charge is -2.26. The summed E-state index contributed by atoms with van der Waals surface area (Å²) in [5.41, 5.74) is 1.43. The van der Waals surface area contributed by atoms with E-state index < -0.39 is 27.2 Å². The van der Waals surface area contributed by atoms with E-state index in [9.17, 15) is 18.0 Å². The molecule has 4 aliphatic rings. The standard InChI is InChI=1S/C37H47N5O7S/c1-36(2,3)47-34(43)41-20-25-16-39(17-26(25)21-41)29-10-8-11-30(14-29)50(45,46)31-13-24-9-7-12-32(33(24)38-15-31)40-18-27-22-42(23-28(27)19-40)49-35(44)48-37(4,5)6/h7-15,25-28H,16-23H2,1-6H3. The van der Waals surface area contributed by atoms with Crippen molar-refractivity contribution < 1.29 is 32.3 Å². The molecule has 7 rings (SSSR count). The van der Waals surface area contributed by atoms with Crippen molar-refractivity contribution in [1.82, 2.24) is 14.9 Å². The summed E-state index contributed by atoms with van der Waals surface area (Å²) in [5.74, 6) is 1.25. The van der Waals surface area contributed by atoms with Crippen molar-refractivity contribution in [1.29, 1.82) is 0 Å². The number of hydrogen-bond donors (Lipinski definition) is 0. The van der Waals surface area contributed by atoms with Gasteiger partial charge in [0.2, 0.25) is 9.84 Å². The number of carbonyl (C=O) groups is 2. The SMILES string of the molecule is CC(C)(C)OC(=O)ON1CC2CN(c3cccc4cc(S(=O)(=O)c5cccc(N6CC7CN(C(=O)OC(C)(C)C)CC7C6)c5)cnc34)CC2C1. The summed E-state index contributed by atoms with van der Waals surface area (Å²) < 4.78 is 38.8. The van der Waals surface area contributed by atoms with Gasteiger partial charge in [-0.2, -0.15) is 0 Å². The number of likely N-dealkylation sites (tertiary alicyclic amines) is 1. The van der Waals surface area contributed by atoms with Gasteiger partial charge in [-0.1, -0.05) is 18.2 Å². The molecule has 12 nitrogen and oxygen atoms in total. The summed E-state index contributed by atoms with van der Waals surface area (Å²) in [5, 5.41) is 2.46. The number of fused-ring (bicyclic) bond motifs is 3.